The molecule has 128 valence electrons. The number of rotatable bonds is 7. The largest absolute Gasteiger partial charge is 0.381 e. The fraction of sp³-hybridized carbons (Fsp3) is 0.588. The molecule has 23 heavy (non-hydrogen) atoms. The lowest BCUT2D eigenvalue weighted by Gasteiger charge is -2.28. The third-order valence-corrected chi connectivity index (χ3v) is 5.09. The van der Waals surface area contributed by atoms with Gasteiger partial charge in [0, 0.05) is 37.3 Å². The summed E-state index contributed by atoms with van der Waals surface area (Å²) in [4.78, 5) is 11.9. The highest BCUT2D eigenvalue weighted by Gasteiger charge is 2.21. The molecule has 1 heterocycles. The molecule has 1 saturated heterocycles. The van der Waals surface area contributed by atoms with E-state index in [-0.39, 0.29) is 17.9 Å². The molecule has 0 radical (unpaired) electrons. The van der Waals surface area contributed by atoms with Crippen LogP contribution in [0.15, 0.2) is 24.3 Å². The van der Waals surface area contributed by atoms with E-state index in [1.807, 2.05) is 13.0 Å². The van der Waals surface area contributed by atoms with E-state index in [2.05, 4.69) is 10.6 Å². The van der Waals surface area contributed by atoms with E-state index in [0.717, 1.165) is 31.8 Å². The minimum atomic E-state index is -0.170. The first-order valence-electron chi connectivity index (χ1n) is 8.10. The molecule has 1 aromatic rings. The van der Waals surface area contributed by atoms with Crippen molar-refractivity contribution in [3.8, 4) is 0 Å². The number of ether oxygens (including phenoxy) is 1. The first-order valence-corrected chi connectivity index (χ1v) is 9.25. The van der Waals surface area contributed by atoms with E-state index in [0.29, 0.717) is 23.8 Å². The molecule has 1 aromatic carbocycles. The predicted octanol–water partition coefficient (Wildman–Crippen LogP) is 3.17. The van der Waals surface area contributed by atoms with Crippen LogP contribution in [0.25, 0.3) is 0 Å². The Morgan fingerprint density at radius 3 is 2.87 bits per heavy atom. The molecule has 4 nitrogen and oxygen atoms in total. The van der Waals surface area contributed by atoms with Crippen LogP contribution in [0.1, 0.15) is 25.3 Å². The van der Waals surface area contributed by atoms with Crippen LogP contribution in [0.3, 0.4) is 0 Å². The minimum absolute atomic E-state index is 0.129. The SMILES string of the molecule is C[C@H](NC(=O)NCCSCc1ccccc1F)C1CCOCC1. The molecule has 1 fully saturated rings. The quantitative estimate of drug-likeness (QED) is 0.750. The van der Waals surface area contributed by atoms with Gasteiger partial charge in [-0.1, -0.05) is 18.2 Å². The van der Waals surface area contributed by atoms with Crippen molar-refractivity contribution in [3.05, 3.63) is 35.6 Å². The van der Waals surface area contributed by atoms with Crippen molar-refractivity contribution in [2.75, 3.05) is 25.5 Å². The Labute approximate surface area is 141 Å². The number of benzene rings is 1. The third-order valence-electron chi connectivity index (χ3n) is 4.08. The summed E-state index contributed by atoms with van der Waals surface area (Å²) in [5, 5.41) is 5.85. The van der Waals surface area contributed by atoms with E-state index >= 15 is 0 Å². The molecular weight excluding hydrogens is 315 g/mol. The van der Waals surface area contributed by atoms with Gasteiger partial charge in [0.25, 0.3) is 0 Å². The van der Waals surface area contributed by atoms with Crippen molar-refractivity contribution >= 4 is 17.8 Å². The Kier molecular flexibility index (Phi) is 7.68. The zero-order valence-electron chi connectivity index (χ0n) is 13.5. The second kappa shape index (κ2) is 9.78. The molecule has 0 aromatic heterocycles. The van der Waals surface area contributed by atoms with Crippen LogP contribution in [0.4, 0.5) is 9.18 Å². The lowest BCUT2D eigenvalue weighted by molar-refractivity contribution is 0.0571. The molecule has 6 heteroatoms. The van der Waals surface area contributed by atoms with Crippen LogP contribution in [0, 0.1) is 11.7 Å². The van der Waals surface area contributed by atoms with Crippen LogP contribution in [-0.2, 0) is 10.5 Å². The first kappa shape index (κ1) is 18.1. The normalized spacial score (nSPS) is 16.8. The molecule has 2 amide bonds. The summed E-state index contributed by atoms with van der Waals surface area (Å²) in [7, 11) is 0. The molecule has 0 aliphatic carbocycles. The van der Waals surface area contributed by atoms with Gasteiger partial charge in [0.2, 0.25) is 0 Å². The van der Waals surface area contributed by atoms with Crippen LogP contribution < -0.4 is 10.6 Å². The number of carbonyl (C=O) groups excluding carboxylic acids is 1. The van der Waals surface area contributed by atoms with E-state index in [1.54, 1.807) is 23.9 Å². The number of hydrogen-bond donors (Lipinski definition) is 2. The first-order chi connectivity index (χ1) is 11.2. The Morgan fingerprint density at radius 1 is 1.39 bits per heavy atom. The average molecular weight is 340 g/mol. The van der Waals surface area contributed by atoms with Crippen LogP contribution in [0.2, 0.25) is 0 Å². The number of carbonyl (C=O) groups is 1. The fourth-order valence-corrected chi connectivity index (χ4v) is 3.47. The van der Waals surface area contributed by atoms with Gasteiger partial charge in [-0.15, -0.1) is 0 Å². The van der Waals surface area contributed by atoms with Gasteiger partial charge < -0.3 is 15.4 Å². The minimum Gasteiger partial charge on any atom is -0.381 e. The molecular formula is C17H25FN2O2S. The number of nitrogens with one attached hydrogen (secondary N) is 2. The topological polar surface area (TPSA) is 50.4 Å². The van der Waals surface area contributed by atoms with E-state index in [4.69, 9.17) is 4.74 Å². The zero-order chi connectivity index (χ0) is 16.5. The number of amides is 2. The summed E-state index contributed by atoms with van der Waals surface area (Å²) in [5.74, 6) is 1.70. The summed E-state index contributed by atoms with van der Waals surface area (Å²) < 4.78 is 18.8. The highest BCUT2D eigenvalue weighted by atomic mass is 32.2. The molecule has 2 N–H and O–H groups in total. The van der Waals surface area contributed by atoms with Gasteiger partial charge in [0.15, 0.2) is 0 Å². The predicted molar refractivity (Wildman–Crippen MR) is 92.1 cm³/mol. The van der Waals surface area contributed by atoms with Gasteiger partial charge >= 0.3 is 6.03 Å². The Balaban J connectivity index is 1.57. The average Bonchev–Trinajstić information content (AvgIpc) is 2.57. The summed E-state index contributed by atoms with van der Waals surface area (Å²) in [6.07, 6.45) is 2.00. The van der Waals surface area contributed by atoms with Crippen molar-refractivity contribution in [1.82, 2.24) is 10.6 Å². The van der Waals surface area contributed by atoms with Gasteiger partial charge in [0.05, 0.1) is 0 Å². The summed E-state index contributed by atoms with van der Waals surface area (Å²) in [5.41, 5.74) is 0.704. The summed E-state index contributed by atoms with van der Waals surface area (Å²) in [6.45, 7) is 4.18. The highest BCUT2D eigenvalue weighted by Crippen LogP contribution is 2.18. The van der Waals surface area contributed by atoms with E-state index in [1.165, 1.54) is 6.07 Å². The Hall–Kier alpha value is -1.27. The van der Waals surface area contributed by atoms with Crippen molar-refractivity contribution in [2.45, 2.75) is 31.6 Å². The number of halogens is 1. The highest BCUT2D eigenvalue weighted by molar-refractivity contribution is 7.98. The van der Waals surface area contributed by atoms with Crippen molar-refractivity contribution in [3.63, 3.8) is 0 Å². The van der Waals surface area contributed by atoms with Gasteiger partial charge in [-0.25, -0.2) is 9.18 Å². The fourth-order valence-electron chi connectivity index (χ4n) is 2.63. The third kappa shape index (κ3) is 6.39. The molecule has 0 bridgehead atoms. The maximum atomic E-state index is 13.4. The molecule has 0 spiro atoms. The lowest BCUT2D eigenvalue weighted by atomic mass is 9.93. The Bertz CT molecular complexity index is 495. The zero-order valence-corrected chi connectivity index (χ0v) is 14.3. The smallest absolute Gasteiger partial charge is 0.315 e. The van der Waals surface area contributed by atoms with Crippen LogP contribution >= 0.6 is 11.8 Å². The molecule has 0 unspecified atom stereocenters. The second-order valence-corrected chi connectivity index (χ2v) is 6.89. The van der Waals surface area contributed by atoms with Crippen LogP contribution in [0.5, 0.6) is 0 Å². The molecule has 1 aliphatic heterocycles. The van der Waals surface area contributed by atoms with E-state index < -0.39 is 0 Å². The van der Waals surface area contributed by atoms with Crippen molar-refractivity contribution < 1.29 is 13.9 Å². The molecule has 1 aliphatic rings. The van der Waals surface area contributed by atoms with Gasteiger partial charge in [0.1, 0.15) is 5.82 Å². The van der Waals surface area contributed by atoms with E-state index in [9.17, 15) is 9.18 Å². The van der Waals surface area contributed by atoms with Crippen molar-refractivity contribution in [1.29, 1.82) is 0 Å². The number of thioether (sulfide) groups is 1. The Morgan fingerprint density at radius 2 is 2.13 bits per heavy atom. The maximum absolute atomic E-state index is 13.4. The summed E-state index contributed by atoms with van der Waals surface area (Å²) in [6, 6.07) is 6.81. The van der Waals surface area contributed by atoms with Crippen molar-refractivity contribution in [2.24, 2.45) is 5.92 Å². The van der Waals surface area contributed by atoms with Crippen LogP contribution in [-0.4, -0.2) is 37.6 Å². The van der Waals surface area contributed by atoms with Gasteiger partial charge in [-0.3, -0.25) is 0 Å². The van der Waals surface area contributed by atoms with Gasteiger partial charge in [-0.2, -0.15) is 11.8 Å². The summed E-state index contributed by atoms with van der Waals surface area (Å²) >= 11 is 1.61. The number of hydrogen-bond acceptors (Lipinski definition) is 3. The van der Waals surface area contributed by atoms with Gasteiger partial charge in [-0.05, 0) is 37.3 Å². The molecule has 2 rings (SSSR count). The monoisotopic (exact) mass is 340 g/mol. The lowest BCUT2D eigenvalue weighted by Crippen LogP contribution is -2.45. The standard InChI is InChI=1S/C17H25FN2O2S/c1-13(14-6-9-22-10-7-14)20-17(21)19-8-11-23-12-15-4-2-3-5-16(15)18/h2-5,13-14H,6-12H2,1H3,(H2,19,20,21)/t13-/m0/s1. The number of urea groups is 1. The second-order valence-electron chi connectivity index (χ2n) is 5.78. The maximum Gasteiger partial charge on any atom is 0.315 e. The molecule has 0 saturated carbocycles. The molecule has 1 atom stereocenters.